The van der Waals surface area contributed by atoms with Crippen LogP contribution in [0.4, 0.5) is 15.8 Å². The van der Waals surface area contributed by atoms with Gasteiger partial charge in [-0.15, -0.1) is 12.4 Å². The third-order valence-corrected chi connectivity index (χ3v) is 5.70. The Balaban J connectivity index is 0.00000320. The van der Waals surface area contributed by atoms with Gasteiger partial charge >= 0.3 is 0 Å². The van der Waals surface area contributed by atoms with Crippen molar-refractivity contribution in [3.63, 3.8) is 0 Å². The van der Waals surface area contributed by atoms with Crippen molar-refractivity contribution >= 4 is 35.6 Å². The Labute approximate surface area is 181 Å². The van der Waals surface area contributed by atoms with Gasteiger partial charge in [0.25, 0.3) is 5.91 Å². The summed E-state index contributed by atoms with van der Waals surface area (Å²) >= 11 is 0. The van der Waals surface area contributed by atoms with E-state index >= 15 is 0 Å². The summed E-state index contributed by atoms with van der Waals surface area (Å²) in [5, 5.41) is 5.44. The number of anilines is 2. The van der Waals surface area contributed by atoms with Gasteiger partial charge in [0.2, 0.25) is 5.91 Å². The van der Waals surface area contributed by atoms with Gasteiger partial charge in [0.1, 0.15) is 11.4 Å². The molecule has 3 rings (SSSR count). The highest BCUT2D eigenvalue weighted by Crippen LogP contribution is 2.50. The smallest absolute Gasteiger partial charge is 0.255 e. The number of rotatable bonds is 6. The van der Waals surface area contributed by atoms with E-state index in [1.54, 1.807) is 30.3 Å². The maximum Gasteiger partial charge on any atom is 0.255 e. The van der Waals surface area contributed by atoms with Crippen LogP contribution >= 0.6 is 12.4 Å². The highest BCUT2D eigenvalue weighted by atomic mass is 35.5. The first kappa shape index (κ1) is 23.8. The number of amides is 2. The molecule has 2 amide bonds. The molecule has 0 heterocycles. The molecule has 1 aliphatic carbocycles. The van der Waals surface area contributed by atoms with Crippen molar-refractivity contribution in [1.82, 2.24) is 0 Å². The first-order valence-electron chi connectivity index (χ1n) is 9.56. The summed E-state index contributed by atoms with van der Waals surface area (Å²) in [6, 6.07) is 12.2. The molecule has 0 saturated heterocycles. The van der Waals surface area contributed by atoms with E-state index in [0.717, 1.165) is 0 Å². The van der Waals surface area contributed by atoms with Crippen LogP contribution in [0.2, 0.25) is 0 Å². The summed E-state index contributed by atoms with van der Waals surface area (Å²) in [4.78, 5) is 25.3. The molecule has 1 fully saturated rings. The Morgan fingerprint density at radius 1 is 1.13 bits per heavy atom. The SMILES string of the molecule is CCOC1CC(N)(C(=O)Nc2cccc(C(=O)Nc3cccc(F)c3)c2)C1(C)C.Cl. The van der Waals surface area contributed by atoms with Crippen LogP contribution < -0.4 is 16.4 Å². The average molecular weight is 436 g/mol. The zero-order valence-electron chi connectivity index (χ0n) is 17.2. The first-order valence-corrected chi connectivity index (χ1v) is 9.56. The maximum atomic E-state index is 13.3. The van der Waals surface area contributed by atoms with Gasteiger partial charge in [-0.05, 0) is 43.3 Å². The summed E-state index contributed by atoms with van der Waals surface area (Å²) in [6.45, 7) is 6.31. The molecular weight excluding hydrogens is 409 g/mol. The molecular formula is C22H27ClFN3O3. The van der Waals surface area contributed by atoms with E-state index in [9.17, 15) is 14.0 Å². The number of carbonyl (C=O) groups excluding carboxylic acids is 2. The molecule has 0 aromatic heterocycles. The molecule has 0 radical (unpaired) electrons. The van der Waals surface area contributed by atoms with Crippen molar-refractivity contribution in [2.24, 2.45) is 11.1 Å². The van der Waals surface area contributed by atoms with E-state index in [4.69, 9.17) is 10.5 Å². The van der Waals surface area contributed by atoms with Crippen molar-refractivity contribution in [2.75, 3.05) is 17.2 Å². The van der Waals surface area contributed by atoms with Gasteiger partial charge in [-0.1, -0.05) is 26.0 Å². The summed E-state index contributed by atoms with van der Waals surface area (Å²) in [5.41, 5.74) is 5.97. The molecule has 2 atom stereocenters. The Morgan fingerprint density at radius 2 is 1.77 bits per heavy atom. The fourth-order valence-corrected chi connectivity index (χ4v) is 3.57. The molecule has 2 aromatic carbocycles. The van der Waals surface area contributed by atoms with Crippen LogP contribution in [0.3, 0.4) is 0 Å². The van der Waals surface area contributed by atoms with Gasteiger partial charge in [-0.2, -0.15) is 0 Å². The summed E-state index contributed by atoms with van der Waals surface area (Å²) in [7, 11) is 0. The highest BCUT2D eigenvalue weighted by molar-refractivity contribution is 6.06. The number of nitrogens with two attached hydrogens (primary N) is 1. The predicted octanol–water partition coefficient (Wildman–Crippen LogP) is 3.97. The number of nitrogens with one attached hydrogen (secondary N) is 2. The lowest BCUT2D eigenvalue weighted by molar-refractivity contribution is -0.166. The molecule has 1 saturated carbocycles. The molecule has 30 heavy (non-hydrogen) atoms. The molecule has 2 unspecified atom stereocenters. The number of benzene rings is 2. The van der Waals surface area contributed by atoms with Crippen molar-refractivity contribution < 1.29 is 18.7 Å². The Kier molecular flexibility index (Phi) is 7.23. The third-order valence-electron chi connectivity index (χ3n) is 5.70. The summed E-state index contributed by atoms with van der Waals surface area (Å²) < 4.78 is 19.0. The van der Waals surface area contributed by atoms with E-state index in [-0.39, 0.29) is 24.4 Å². The topological polar surface area (TPSA) is 93.4 Å². The van der Waals surface area contributed by atoms with Crippen LogP contribution in [-0.4, -0.2) is 30.1 Å². The van der Waals surface area contributed by atoms with Crippen molar-refractivity contribution in [1.29, 1.82) is 0 Å². The molecule has 0 aliphatic heterocycles. The fraction of sp³-hybridized carbons (Fsp3) is 0.364. The van der Waals surface area contributed by atoms with Gasteiger partial charge in [0, 0.05) is 35.4 Å². The molecule has 0 bridgehead atoms. The fourth-order valence-electron chi connectivity index (χ4n) is 3.57. The van der Waals surface area contributed by atoms with Gasteiger partial charge < -0.3 is 21.1 Å². The number of hydrogen-bond acceptors (Lipinski definition) is 4. The van der Waals surface area contributed by atoms with Crippen LogP contribution in [0.15, 0.2) is 48.5 Å². The van der Waals surface area contributed by atoms with Crippen LogP contribution in [0.1, 0.15) is 37.6 Å². The van der Waals surface area contributed by atoms with Gasteiger partial charge in [0.05, 0.1) is 6.10 Å². The molecule has 2 aromatic rings. The maximum absolute atomic E-state index is 13.3. The van der Waals surface area contributed by atoms with E-state index < -0.39 is 22.7 Å². The first-order chi connectivity index (χ1) is 13.7. The van der Waals surface area contributed by atoms with Crippen molar-refractivity contribution in [3.05, 3.63) is 59.9 Å². The van der Waals surface area contributed by atoms with Gasteiger partial charge in [-0.25, -0.2) is 4.39 Å². The lowest BCUT2D eigenvalue weighted by Crippen LogP contribution is -2.74. The molecule has 8 heteroatoms. The summed E-state index contributed by atoms with van der Waals surface area (Å²) in [5.74, 6) is -1.17. The number of carbonyl (C=O) groups is 2. The molecule has 1 aliphatic rings. The standard InChI is InChI=1S/C22H26FN3O3.ClH/c1-4-29-18-13-22(24,21(18,2)3)20(28)26-16-9-5-7-14(11-16)19(27)25-17-10-6-8-15(23)12-17;/h5-12,18H,4,13,24H2,1-3H3,(H,25,27)(H,26,28);1H. The van der Waals surface area contributed by atoms with Crippen LogP contribution in [-0.2, 0) is 9.53 Å². The minimum absolute atomic E-state index is 0. The highest BCUT2D eigenvalue weighted by Gasteiger charge is 2.62. The van der Waals surface area contributed by atoms with E-state index in [0.29, 0.717) is 30.0 Å². The second-order valence-corrected chi connectivity index (χ2v) is 7.84. The monoisotopic (exact) mass is 435 g/mol. The normalized spacial score (nSPS) is 21.7. The molecule has 0 spiro atoms. The van der Waals surface area contributed by atoms with Crippen LogP contribution in [0, 0.1) is 11.2 Å². The lowest BCUT2D eigenvalue weighted by Gasteiger charge is -2.57. The Hall–Kier alpha value is -2.48. The zero-order valence-corrected chi connectivity index (χ0v) is 18.0. The zero-order chi connectivity index (χ0) is 21.2. The Bertz CT molecular complexity index is 937. The van der Waals surface area contributed by atoms with Crippen LogP contribution in [0.25, 0.3) is 0 Å². The third kappa shape index (κ3) is 4.48. The quantitative estimate of drug-likeness (QED) is 0.640. The molecule has 6 nitrogen and oxygen atoms in total. The predicted molar refractivity (Wildman–Crippen MR) is 117 cm³/mol. The van der Waals surface area contributed by atoms with E-state index in [1.807, 2.05) is 20.8 Å². The number of ether oxygens (including phenoxy) is 1. The summed E-state index contributed by atoms with van der Waals surface area (Å²) in [6.07, 6.45) is 0.353. The Morgan fingerprint density at radius 3 is 2.37 bits per heavy atom. The van der Waals surface area contributed by atoms with E-state index in [1.165, 1.54) is 18.2 Å². The van der Waals surface area contributed by atoms with Crippen molar-refractivity contribution in [2.45, 2.75) is 38.8 Å². The van der Waals surface area contributed by atoms with Crippen molar-refractivity contribution in [3.8, 4) is 0 Å². The second-order valence-electron chi connectivity index (χ2n) is 7.84. The largest absolute Gasteiger partial charge is 0.378 e. The van der Waals surface area contributed by atoms with Gasteiger partial charge in [0.15, 0.2) is 0 Å². The van der Waals surface area contributed by atoms with Gasteiger partial charge in [-0.3, -0.25) is 9.59 Å². The minimum Gasteiger partial charge on any atom is -0.378 e. The number of halogens is 2. The van der Waals surface area contributed by atoms with E-state index in [2.05, 4.69) is 10.6 Å². The molecule has 4 N–H and O–H groups in total. The number of hydrogen-bond donors (Lipinski definition) is 3. The average Bonchev–Trinajstić information content (AvgIpc) is 2.67. The second kappa shape index (κ2) is 9.12. The van der Waals surface area contributed by atoms with Crippen LogP contribution in [0.5, 0.6) is 0 Å². The molecule has 162 valence electrons. The lowest BCUT2D eigenvalue weighted by atomic mass is 9.54. The minimum atomic E-state index is -1.06.